The summed E-state index contributed by atoms with van der Waals surface area (Å²) in [5.41, 5.74) is 0. The first-order chi connectivity index (χ1) is 0. The normalized spacial score (nSPS) is 0. The smallest absolute Gasteiger partial charge is 0 e. The zero-order valence-corrected chi connectivity index (χ0v) is 4.57. The molecule has 0 aliphatic rings. The molecule has 0 spiro atoms. The van der Waals surface area contributed by atoms with Crippen LogP contribution in [0.15, 0.2) is 0 Å². The summed E-state index contributed by atoms with van der Waals surface area (Å²) < 4.78 is 0. The first-order valence-electron chi connectivity index (χ1n) is 0. The molecule has 0 heterocycles. The second kappa shape index (κ2) is 25.9. The SMILES string of the molecule is O.O.[Ag].[Ag]. The molecule has 0 unspecified atom stereocenters. The van der Waals surface area contributed by atoms with Gasteiger partial charge in [0, 0.05) is 44.8 Å². The molecule has 0 saturated heterocycles. The van der Waals surface area contributed by atoms with E-state index in [0.29, 0.717) is 0 Å². The summed E-state index contributed by atoms with van der Waals surface area (Å²) in [6, 6.07) is 0. The predicted molar refractivity (Wildman–Crippen MR) is 7.23 cm³/mol. The minimum Gasteiger partial charge on any atom is -0.412 e. The molecular formula is H4Ag2O2. The Morgan fingerprint density at radius 1 is 0.500 bits per heavy atom. The fraction of sp³-hybridized carbons (Fsp3) is 0. The van der Waals surface area contributed by atoms with E-state index in [4.69, 9.17) is 0 Å². The van der Waals surface area contributed by atoms with E-state index in [-0.39, 0.29) is 55.7 Å². The van der Waals surface area contributed by atoms with Crippen molar-refractivity contribution in [3.05, 3.63) is 0 Å². The van der Waals surface area contributed by atoms with E-state index in [1.54, 1.807) is 0 Å². The molecule has 0 aromatic rings. The maximum Gasteiger partial charge on any atom is 0 e. The number of rotatable bonds is 0. The van der Waals surface area contributed by atoms with Crippen LogP contribution in [0.3, 0.4) is 0 Å². The van der Waals surface area contributed by atoms with Crippen LogP contribution in [0.2, 0.25) is 0 Å². The van der Waals surface area contributed by atoms with Gasteiger partial charge in [0.05, 0.1) is 0 Å². The van der Waals surface area contributed by atoms with Crippen molar-refractivity contribution in [2.45, 2.75) is 0 Å². The van der Waals surface area contributed by atoms with Crippen LogP contribution in [-0.4, -0.2) is 11.0 Å². The van der Waals surface area contributed by atoms with E-state index in [2.05, 4.69) is 0 Å². The second-order valence-corrected chi connectivity index (χ2v) is 0. The van der Waals surface area contributed by atoms with Crippen molar-refractivity contribution in [1.82, 2.24) is 0 Å². The van der Waals surface area contributed by atoms with Crippen LogP contribution < -0.4 is 0 Å². The summed E-state index contributed by atoms with van der Waals surface area (Å²) >= 11 is 0. The van der Waals surface area contributed by atoms with Gasteiger partial charge in [0.25, 0.3) is 0 Å². The van der Waals surface area contributed by atoms with Crippen molar-refractivity contribution in [2.24, 2.45) is 0 Å². The third-order valence-corrected chi connectivity index (χ3v) is 0. The first-order valence-corrected chi connectivity index (χ1v) is 0. The zero-order chi connectivity index (χ0) is 0. The molecule has 0 bridgehead atoms. The van der Waals surface area contributed by atoms with Gasteiger partial charge in [0.1, 0.15) is 0 Å². The summed E-state index contributed by atoms with van der Waals surface area (Å²) in [6.45, 7) is 0. The van der Waals surface area contributed by atoms with Crippen molar-refractivity contribution in [3.8, 4) is 0 Å². The Morgan fingerprint density at radius 3 is 0.500 bits per heavy atom. The average molecular weight is 252 g/mol. The Kier molecular flexibility index (Phi) is 346. The molecule has 0 aromatic heterocycles. The molecule has 38 valence electrons. The molecular weight excluding hydrogens is 248 g/mol. The van der Waals surface area contributed by atoms with Crippen LogP contribution in [0.25, 0.3) is 0 Å². The van der Waals surface area contributed by atoms with Crippen LogP contribution >= 0.6 is 0 Å². The van der Waals surface area contributed by atoms with Crippen molar-refractivity contribution >= 4 is 0 Å². The standard InChI is InChI=1S/2Ag.2H2O/h;;2*1H2. The van der Waals surface area contributed by atoms with Crippen molar-refractivity contribution in [2.75, 3.05) is 0 Å². The summed E-state index contributed by atoms with van der Waals surface area (Å²) in [5.74, 6) is 0. The quantitative estimate of drug-likeness (QED) is 0.463. The van der Waals surface area contributed by atoms with E-state index >= 15 is 0 Å². The van der Waals surface area contributed by atoms with Gasteiger partial charge >= 0.3 is 0 Å². The van der Waals surface area contributed by atoms with Gasteiger partial charge in [-0.1, -0.05) is 0 Å². The van der Waals surface area contributed by atoms with E-state index in [1.807, 2.05) is 0 Å². The van der Waals surface area contributed by atoms with Gasteiger partial charge in [-0.2, -0.15) is 0 Å². The zero-order valence-electron chi connectivity index (χ0n) is 1.60. The van der Waals surface area contributed by atoms with Gasteiger partial charge in [-0.05, 0) is 0 Å². The van der Waals surface area contributed by atoms with Gasteiger partial charge < -0.3 is 11.0 Å². The molecule has 0 atom stereocenters. The molecule has 0 fully saturated rings. The van der Waals surface area contributed by atoms with Crippen LogP contribution in [0.4, 0.5) is 0 Å². The van der Waals surface area contributed by atoms with Crippen LogP contribution in [0.5, 0.6) is 0 Å². The van der Waals surface area contributed by atoms with Gasteiger partial charge in [0.15, 0.2) is 0 Å². The van der Waals surface area contributed by atoms with Gasteiger partial charge in [-0.25, -0.2) is 0 Å². The number of hydrogen-bond donors (Lipinski definition) is 0. The molecule has 2 radical (unpaired) electrons. The third-order valence-electron chi connectivity index (χ3n) is 0. The summed E-state index contributed by atoms with van der Waals surface area (Å²) in [6.07, 6.45) is 0. The van der Waals surface area contributed by atoms with E-state index in [0.717, 1.165) is 0 Å². The predicted octanol–water partition coefficient (Wildman–Crippen LogP) is -1.65. The Morgan fingerprint density at radius 2 is 0.500 bits per heavy atom. The van der Waals surface area contributed by atoms with E-state index < -0.39 is 0 Å². The minimum atomic E-state index is 0. The maximum atomic E-state index is 0. The topological polar surface area (TPSA) is 63.0 Å². The van der Waals surface area contributed by atoms with E-state index in [9.17, 15) is 0 Å². The first kappa shape index (κ1) is 53.3. The van der Waals surface area contributed by atoms with Crippen LogP contribution in [0.1, 0.15) is 0 Å². The summed E-state index contributed by atoms with van der Waals surface area (Å²) in [4.78, 5) is 0. The molecule has 0 aliphatic heterocycles. The molecule has 0 aliphatic carbocycles. The van der Waals surface area contributed by atoms with Crippen LogP contribution in [0, 0.1) is 0 Å². The molecule has 0 aromatic carbocycles. The molecule has 4 heavy (non-hydrogen) atoms. The fourth-order valence-electron chi connectivity index (χ4n) is 0. The molecule has 0 amide bonds. The molecule has 4 N–H and O–H groups in total. The van der Waals surface area contributed by atoms with Crippen LogP contribution in [-0.2, 0) is 44.8 Å². The largest absolute Gasteiger partial charge is 0.412 e. The Bertz CT molecular complexity index is 4.00. The Balaban J connectivity index is 0. The molecule has 0 rings (SSSR count). The minimum absolute atomic E-state index is 0. The molecule has 4 heteroatoms. The van der Waals surface area contributed by atoms with Gasteiger partial charge in [0.2, 0.25) is 0 Å². The summed E-state index contributed by atoms with van der Waals surface area (Å²) in [7, 11) is 0. The Hall–Kier alpha value is 1.40. The average Bonchev–Trinajstić information content (AvgIpc) is 0. The monoisotopic (exact) mass is 250 g/mol. The van der Waals surface area contributed by atoms with Gasteiger partial charge in [-0.15, -0.1) is 0 Å². The summed E-state index contributed by atoms with van der Waals surface area (Å²) in [5, 5.41) is 0. The van der Waals surface area contributed by atoms with Crippen molar-refractivity contribution in [3.63, 3.8) is 0 Å². The van der Waals surface area contributed by atoms with Crippen molar-refractivity contribution < 1.29 is 55.7 Å². The van der Waals surface area contributed by atoms with Crippen molar-refractivity contribution in [1.29, 1.82) is 0 Å². The third kappa shape index (κ3) is 9.99. The Labute approximate surface area is 55.6 Å². The van der Waals surface area contributed by atoms with E-state index in [1.165, 1.54) is 0 Å². The van der Waals surface area contributed by atoms with Gasteiger partial charge in [-0.3, -0.25) is 0 Å². The maximum absolute atomic E-state index is 0. The fourth-order valence-corrected chi connectivity index (χ4v) is 0. The second-order valence-electron chi connectivity index (χ2n) is 0. The molecule has 0 saturated carbocycles. The number of hydrogen-bond acceptors (Lipinski definition) is 0. The molecule has 2 nitrogen and oxygen atoms in total.